The maximum Gasteiger partial charge on any atom is 0.218 e. The Morgan fingerprint density at radius 2 is 1.77 bits per heavy atom. The number of hydrogen-bond acceptors (Lipinski definition) is 2. The highest BCUT2D eigenvalue weighted by molar-refractivity contribution is 5.74. The van der Waals surface area contributed by atoms with Crippen LogP contribution in [0.3, 0.4) is 0 Å². The van der Waals surface area contributed by atoms with E-state index in [2.05, 4.69) is 26.1 Å². The third-order valence-corrected chi connectivity index (χ3v) is 1.90. The molecule has 0 aliphatic heterocycles. The summed E-state index contributed by atoms with van der Waals surface area (Å²) in [6.07, 6.45) is 1.55. The van der Waals surface area contributed by atoms with Crippen molar-refractivity contribution >= 4 is 5.91 Å². The summed E-state index contributed by atoms with van der Waals surface area (Å²) in [5.74, 6) is 0.444. The van der Waals surface area contributed by atoms with Gasteiger partial charge in [0.1, 0.15) is 0 Å². The lowest BCUT2D eigenvalue weighted by molar-refractivity contribution is -0.118. The lowest BCUT2D eigenvalue weighted by Gasteiger charge is -2.20. The number of rotatable bonds is 6. The Hall–Kier alpha value is -0.570. The predicted octanol–water partition coefficient (Wildman–Crippen LogP) is 1.27. The van der Waals surface area contributed by atoms with E-state index in [9.17, 15) is 4.79 Å². The van der Waals surface area contributed by atoms with Crippen LogP contribution in [0.4, 0.5) is 0 Å². The van der Waals surface area contributed by atoms with E-state index < -0.39 is 0 Å². The molecule has 0 aromatic carbocycles. The third kappa shape index (κ3) is 7.78. The molecule has 0 aliphatic carbocycles. The van der Waals surface area contributed by atoms with Crippen molar-refractivity contribution in [2.75, 3.05) is 0 Å². The molecule has 3 heteroatoms. The molecule has 0 aromatic rings. The molecule has 1 amide bonds. The van der Waals surface area contributed by atoms with Crippen LogP contribution in [0.2, 0.25) is 0 Å². The lowest BCUT2D eigenvalue weighted by atomic mass is 10.0. The van der Waals surface area contributed by atoms with E-state index in [1.165, 1.54) is 0 Å². The summed E-state index contributed by atoms with van der Waals surface area (Å²) >= 11 is 0. The number of nitrogens with two attached hydrogens (primary N) is 1. The Morgan fingerprint density at radius 3 is 2.15 bits per heavy atom. The second kappa shape index (κ2) is 5.97. The molecule has 0 radical (unpaired) electrons. The Bertz CT molecular complexity index is 157. The van der Waals surface area contributed by atoms with Crippen molar-refractivity contribution in [2.45, 2.75) is 52.6 Å². The second-order valence-electron chi connectivity index (χ2n) is 4.27. The number of nitrogens with one attached hydrogen (secondary N) is 1. The number of carbonyl (C=O) groups excluding carboxylic acids is 1. The average molecular weight is 186 g/mol. The molecule has 3 nitrogen and oxygen atoms in total. The van der Waals surface area contributed by atoms with Crippen LogP contribution >= 0.6 is 0 Å². The number of primary amides is 1. The molecule has 0 fully saturated rings. The molecule has 0 bridgehead atoms. The first kappa shape index (κ1) is 12.4. The van der Waals surface area contributed by atoms with Crippen LogP contribution in [-0.2, 0) is 4.79 Å². The minimum absolute atomic E-state index is 0.186. The summed E-state index contributed by atoms with van der Waals surface area (Å²) in [7, 11) is 0. The molecule has 2 unspecified atom stereocenters. The molecule has 0 spiro atoms. The van der Waals surface area contributed by atoms with Crippen LogP contribution in [0.15, 0.2) is 0 Å². The summed E-state index contributed by atoms with van der Waals surface area (Å²) < 4.78 is 0. The van der Waals surface area contributed by atoms with Gasteiger partial charge in [0.2, 0.25) is 5.91 Å². The van der Waals surface area contributed by atoms with Gasteiger partial charge in [0.05, 0.1) is 0 Å². The van der Waals surface area contributed by atoms with Crippen molar-refractivity contribution in [1.29, 1.82) is 0 Å². The molecule has 0 saturated heterocycles. The molecule has 3 N–H and O–H groups in total. The van der Waals surface area contributed by atoms with Crippen molar-refractivity contribution in [1.82, 2.24) is 5.32 Å². The number of amides is 1. The highest BCUT2D eigenvalue weighted by Gasteiger charge is 2.10. The van der Waals surface area contributed by atoms with E-state index in [1.54, 1.807) is 0 Å². The van der Waals surface area contributed by atoms with Gasteiger partial charge in [-0.3, -0.25) is 4.79 Å². The highest BCUT2D eigenvalue weighted by Crippen LogP contribution is 2.05. The van der Waals surface area contributed by atoms with E-state index in [0.717, 1.165) is 6.42 Å². The van der Waals surface area contributed by atoms with Gasteiger partial charge in [-0.1, -0.05) is 13.8 Å². The van der Waals surface area contributed by atoms with E-state index in [1.807, 2.05) is 6.92 Å². The van der Waals surface area contributed by atoms with Crippen LogP contribution in [0, 0.1) is 5.92 Å². The summed E-state index contributed by atoms with van der Waals surface area (Å²) in [4.78, 5) is 10.6. The molecule has 0 aliphatic rings. The van der Waals surface area contributed by atoms with Crippen molar-refractivity contribution < 1.29 is 4.79 Å². The zero-order valence-electron chi connectivity index (χ0n) is 9.13. The molecule has 0 saturated carbocycles. The van der Waals surface area contributed by atoms with E-state index in [4.69, 9.17) is 5.73 Å². The van der Waals surface area contributed by atoms with Gasteiger partial charge < -0.3 is 11.1 Å². The molecular weight excluding hydrogens is 164 g/mol. The van der Waals surface area contributed by atoms with Gasteiger partial charge in [0.25, 0.3) is 0 Å². The van der Waals surface area contributed by atoms with Gasteiger partial charge >= 0.3 is 0 Å². The second-order valence-corrected chi connectivity index (χ2v) is 4.27. The van der Waals surface area contributed by atoms with Crippen LogP contribution in [0.5, 0.6) is 0 Å². The number of carbonyl (C=O) groups is 1. The maximum absolute atomic E-state index is 10.6. The standard InChI is InChI=1S/C10H22N2O/c1-7(2)5-8(3)12-9(4)6-10(11)13/h7-9,12H,5-6H2,1-4H3,(H2,11,13). The Labute approximate surface area is 81.1 Å². The van der Waals surface area contributed by atoms with Crippen molar-refractivity contribution in [3.05, 3.63) is 0 Å². The van der Waals surface area contributed by atoms with Crippen LogP contribution in [0.25, 0.3) is 0 Å². The Balaban J connectivity index is 3.64. The number of hydrogen-bond donors (Lipinski definition) is 2. The summed E-state index contributed by atoms with van der Waals surface area (Å²) in [6, 6.07) is 0.639. The average Bonchev–Trinajstić information content (AvgIpc) is 1.80. The van der Waals surface area contributed by atoms with Gasteiger partial charge in [0, 0.05) is 18.5 Å². The van der Waals surface area contributed by atoms with Crippen molar-refractivity contribution in [3.63, 3.8) is 0 Å². The van der Waals surface area contributed by atoms with Crippen LogP contribution < -0.4 is 11.1 Å². The van der Waals surface area contributed by atoms with Gasteiger partial charge in [0.15, 0.2) is 0 Å². The van der Waals surface area contributed by atoms with Gasteiger partial charge in [-0.15, -0.1) is 0 Å². The minimum Gasteiger partial charge on any atom is -0.370 e. The first-order valence-corrected chi connectivity index (χ1v) is 4.96. The zero-order chi connectivity index (χ0) is 10.4. The molecule has 78 valence electrons. The maximum atomic E-state index is 10.6. The summed E-state index contributed by atoms with van der Waals surface area (Å²) in [5, 5.41) is 3.34. The van der Waals surface area contributed by atoms with Crippen molar-refractivity contribution in [2.24, 2.45) is 11.7 Å². The molecular formula is C10H22N2O. The third-order valence-electron chi connectivity index (χ3n) is 1.90. The topological polar surface area (TPSA) is 55.1 Å². The van der Waals surface area contributed by atoms with Gasteiger partial charge in [-0.25, -0.2) is 0 Å². The molecule has 2 atom stereocenters. The van der Waals surface area contributed by atoms with Crippen LogP contribution in [0.1, 0.15) is 40.5 Å². The normalized spacial score (nSPS) is 15.8. The van der Waals surface area contributed by atoms with E-state index >= 15 is 0 Å². The highest BCUT2D eigenvalue weighted by atomic mass is 16.1. The fourth-order valence-electron chi connectivity index (χ4n) is 1.62. The molecule has 13 heavy (non-hydrogen) atoms. The van der Waals surface area contributed by atoms with Crippen LogP contribution in [-0.4, -0.2) is 18.0 Å². The summed E-state index contributed by atoms with van der Waals surface area (Å²) in [5.41, 5.74) is 5.09. The molecule has 0 aromatic heterocycles. The van der Waals surface area contributed by atoms with E-state index in [0.29, 0.717) is 18.4 Å². The zero-order valence-corrected chi connectivity index (χ0v) is 9.13. The van der Waals surface area contributed by atoms with E-state index in [-0.39, 0.29) is 11.9 Å². The smallest absolute Gasteiger partial charge is 0.218 e. The minimum atomic E-state index is -0.239. The Morgan fingerprint density at radius 1 is 1.23 bits per heavy atom. The Kier molecular flexibility index (Phi) is 5.71. The predicted molar refractivity (Wildman–Crippen MR) is 55.3 cm³/mol. The fourth-order valence-corrected chi connectivity index (χ4v) is 1.62. The molecule has 0 rings (SSSR count). The van der Waals surface area contributed by atoms with Gasteiger partial charge in [-0.05, 0) is 26.2 Å². The quantitative estimate of drug-likeness (QED) is 0.656. The first-order valence-electron chi connectivity index (χ1n) is 4.96. The lowest BCUT2D eigenvalue weighted by Crippen LogP contribution is -2.37. The largest absolute Gasteiger partial charge is 0.370 e. The SMILES string of the molecule is CC(C)CC(C)NC(C)CC(N)=O. The summed E-state index contributed by atoms with van der Waals surface area (Å²) in [6.45, 7) is 8.51. The van der Waals surface area contributed by atoms with Crippen molar-refractivity contribution in [3.8, 4) is 0 Å². The van der Waals surface area contributed by atoms with Gasteiger partial charge in [-0.2, -0.15) is 0 Å². The fraction of sp³-hybridized carbons (Fsp3) is 0.900. The first-order chi connectivity index (χ1) is 5.91. The monoisotopic (exact) mass is 186 g/mol. The molecule has 0 heterocycles.